The van der Waals surface area contributed by atoms with E-state index in [1.165, 1.54) is 0 Å². The number of benzene rings is 1. The Morgan fingerprint density at radius 1 is 0.794 bits per heavy atom. The number of alkyl halides is 1. The van der Waals surface area contributed by atoms with Crippen LogP contribution in [0.2, 0.25) is 0 Å². The molecule has 0 aliphatic carbocycles. The van der Waals surface area contributed by atoms with Crippen LogP contribution in [0.25, 0.3) is 0 Å². The minimum absolute atomic E-state index is 0.109. The third kappa shape index (κ3) is 15.2. The van der Waals surface area contributed by atoms with Gasteiger partial charge in [0.25, 0.3) is 0 Å². The van der Waals surface area contributed by atoms with Gasteiger partial charge in [-0.1, -0.05) is 95.5 Å². The van der Waals surface area contributed by atoms with Crippen molar-refractivity contribution < 1.29 is 23.8 Å². The highest BCUT2D eigenvalue weighted by Crippen LogP contribution is 2.20. The summed E-state index contributed by atoms with van der Waals surface area (Å²) in [5.74, 6) is -2.76. The molecule has 1 N–H and O–H groups in total. The van der Waals surface area contributed by atoms with Crippen LogP contribution >= 0.6 is 22.6 Å². The molecule has 34 heavy (non-hydrogen) atoms. The van der Waals surface area contributed by atoms with E-state index < -0.39 is 17.8 Å². The zero-order chi connectivity index (χ0) is 24.9. The molecule has 0 saturated carbocycles. The number of carboxylic acid groups (broad SMARTS) is 1. The maximum absolute atomic E-state index is 13.2. The second kappa shape index (κ2) is 19.7. The molecule has 0 bridgehead atoms. The number of ether oxygens (including phenoxy) is 1. The fraction of sp³-hybridized carbons (Fsp3) is 0.286. The van der Waals surface area contributed by atoms with Crippen LogP contribution in [-0.4, -0.2) is 21.5 Å². The maximum atomic E-state index is 13.2. The number of carbonyl (C=O) groups excluding carboxylic acids is 1. The number of carbonyl (C=O) groups is 2. The molecule has 4 nitrogen and oxygen atoms in total. The van der Waals surface area contributed by atoms with Crippen molar-refractivity contribution in [2.75, 3.05) is 4.43 Å². The molecule has 0 amide bonds. The second-order valence-electron chi connectivity index (χ2n) is 7.12. The molecule has 1 aromatic carbocycles. The zero-order valence-corrected chi connectivity index (χ0v) is 21.4. The van der Waals surface area contributed by atoms with Gasteiger partial charge in [-0.15, -0.1) is 0 Å². The van der Waals surface area contributed by atoms with Crippen LogP contribution in [0.5, 0.6) is 5.75 Å². The van der Waals surface area contributed by atoms with E-state index in [0.717, 1.165) is 54.7 Å². The van der Waals surface area contributed by atoms with Crippen molar-refractivity contribution in [3.05, 3.63) is 102 Å². The minimum Gasteiger partial charge on any atom is -0.478 e. The SMILES string of the molecule is O=C(CC/C=C\C/C=C\C/C=C\C/C=C\C/C=C\C/C=C\CI)Oc1ccc(F)cc1C(=O)O. The minimum atomic E-state index is -1.35. The smallest absolute Gasteiger partial charge is 0.339 e. The summed E-state index contributed by atoms with van der Waals surface area (Å²) >= 11 is 2.33. The first-order chi connectivity index (χ1) is 16.5. The van der Waals surface area contributed by atoms with Gasteiger partial charge in [-0.05, 0) is 56.7 Å². The first kappa shape index (κ1) is 29.3. The molecule has 0 atom stereocenters. The number of allylic oxidation sites excluding steroid dienone is 12. The van der Waals surface area contributed by atoms with E-state index in [2.05, 4.69) is 83.4 Å². The highest BCUT2D eigenvalue weighted by molar-refractivity contribution is 14.1. The van der Waals surface area contributed by atoms with Gasteiger partial charge in [0.05, 0.1) is 0 Å². The van der Waals surface area contributed by atoms with Crippen molar-refractivity contribution in [1.29, 1.82) is 0 Å². The normalized spacial score (nSPS) is 12.4. The quantitative estimate of drug-likeness (QED) is 0.0712. The highest BCUT2D eigenvalue weighted by Gasteiger charge is 2.15. The lowest BCUT2D eigenvalue weighted by Crippen LogP contribution is -2.11. The van der Waals surface area contributed by atoms with Crippen molar-refractivity contribution in [3.8, 4) is 5.75 Å². The van der Waals surface area contributed by atoms with Crippen molar-refractivity contribution in [2.24, 2.45) is 0 Å². The number of halogens is 2. The molecule has 0 saturated heterocycles. The fourth-order valence-corrected chi connectivity index (χ4v) is 3.03. The van der Waals surface area contributed by atoms with Gasteiger partial charge in [0.15, 0.2) is 0 Å². The van der Waals surface area contributed by atoms with Gasteiger partial charge in [-0.25, -0.2) is 9.18 Å². The Labute approximate surface area is 215 Å². The van der Waals surface area contributed by atoms with E-state index in [-0.39, 0.29) is 17.7 Å². The summed E-state index contributed by atoms with van der Waals surface area (Å²) in [4.78, 5) is 23.0. The van der Waals surface area contributed by atoms with Crippen LogP contribution < -0.4 is 4.74 Å². The predicted molar refractivity (Wildman–Crippen MR) is 145 cm³/mol. The van der Waals surface area contributed by atoms with E-state index in [4.69, 9.17) is 9.84 Å². The van der Waals surface area contributed by atoms with Crippen molar-refractivity contribution in [3.63, 3.8) is 0 Å². The molecule has 0 heterocycles. The highest BCUT2D eigenvalue weighted by atomic mass is 127. The Morgan fingerprint density at radius 2 is 1.26 bits per heavy atom. The summed E-state index contributed by atoms with van der Waals surface area (Å²) < 4.78 is 19.3. The van der Waals surface area contributed by atoms with E-state index in [9.17, 15) is 14.0 Å². The largest absolute Gasteiger partial charge is 0.478 e. The lowest BCUT2D eigenvalue weighted by atomic mass is 10.2. The molecular weight excluding hydrogens is 546 g/mol. The summed E-state index contributed by atoms with van der Waals surface area (Å²) in [6.45, 7) is 0. The standard InChI is InChI=1S/C28H32FIO4/c29-24-20-21-26(25(23-24)28(32)33)34-27(31)19-17-15-13-11-9-7-5-3-1-2-4-6-8-10-12-14-16-18-22-30/h1,3-4,6-7,9-10,12-13,15-16,18,20-21,23H,2,5,8,11,14,17,19,22H2,(H,32,33)/b3-1-,6-4-,9-7-,12-10-,15-13-,18-16-. The Morgan fingerprint density at radius 3 is 1.74 bits per heavy atom. The molecule has 6 heteroatoms. The predicted octanol–water partition coefficient (Wildman–Crippen LogP) is 7.93. The monoisotopic (exact) mass is 578 g/mol. The number of hydrogen-bond donors (Lipinski definition) is 1. The molecular formula is C28H32FIO4. The number of hydrogen-bond acceptors (Lipinski definition) is 3. The molecule has 1 rings (SSSR count). The number of esters is 1. The van der Waals surface area contributed by atoms with Crippen LogP contribution in [0.4, 0.5) is 4.39 Å². The van der Waals surface area contributed by atoms with Gasteiger partial charge in [-0.2, -0.15) is 0 Å². The van der Waals surface area contributed by atoms with E-state index >= 15 is 0 Å². The second-order valence-corrected chi connectivity index (χ2v) is 8.00. The molecule has 0 unspecified atom stereocenters. The van der Waals surface area contributed by atoms with Crippen molar-refractivity contribution in [1.82, 2.24) is 0 Å². The van der Waals surface area contributed by atoms with Crippen LogP contribution in [0.15, 0.2) is 91.1 Å². The molecule has 0 aliphatic rings. The maximum Gasteiger partial charge on any atom is 0.339 e. The van der Waals surface area contributed by atoms with E-state index in [1.807, 2.05) is 12.2 Å². The average Bonchev–Trinajstić information content (AvgIpc) is 2.81. The van der Waals surface area contributed by atoms with Crippen molar-refractivity contribution in [2.45, 2.75) is 44.9 Å². The molecule has 1 aromatic rings. The van der Waals surface area contributed by atoms with Crippen LogP contribution in [-0.2, 0) is 4.79 Å². The number of aromatic carboxylic acids is 1. The van der Waals surface area contributed by atoms with E-state index in [1.54, 1.807) is 0 Å². The number of rotatable bonds is 16. The number of carboxylic acids is 1. The fourth-order valence-electron chi connectivity index (χ4n) is 2.67. The first-order valence-corrected chi connectivity index (χ1v) is 12.8. The zero-order valence-electron chi connectivity index (χ0n) is 19.2. The van der Waals surface area contributed by atoms with E-state index in [0.29, 0.717) is 6.42 Å². The van der Waals surface area contributed by atoms with Gasteiger partial charge in [0, 0.05) is 10.8 Å². The molecule has 0 aliphatic heterocycles. The van der Waals surface area contributed by atoms with Gasteiger partial charge in [-0.3, -0.25) is 4.79 Å². The van der Waals surface area contributed by atoms with Crippen LogP contribution in [0.3, 0.4) is 0 Å². The first-order valence-electron chi connectivity index (χ1n) is 11.2. The lowest BCUT2D eigenvalue weighted by molar-refractivity contribution is -0.134. The Bertz CT molecular complexity index is 926. The summed E-state index contributed by atoms with van der Waals surface area (Å²) in [6, 6.07) is 3.03. The summed E-state index contributed by atoms with van der Waals surface area (Å²) in [7, 11) is 0. The lowest BCUT2D eigenvalue weighted by Gasteiger charge is -2.06. The molecule has 0 radical (unpaired) electrons. The average molecular weight is 578 g/mol. The third-order valence-electron chi connectivity index (χ3n) is 4.36. The summed E-state index contributed by atoms with van der Waals surface area (Å²) in [6.07, 6.45) is 30.4. The molecule has 182 valence electrons. The molecule has 0 spiro atoms. The Kier molecular flexibility index (Phi) is 17.0. The summed E-state index contributed by atoms with van der Waals surface area (Å²) in [5, 5.41) is 9.06. The van der Waals surface area contributed by atoms with Crippen molar-refractivity contribution >= 4 is 34.5 Å². The molecule has 0 aromatic heterocycles. The topological polar surface area (TPSA) is 63.6 Å². The Balaban J connectivity index is 2.13. The van der Waals surface area contributed by atoms with Gasteiger partial charge in [0.1, 0.15) is 17.1 Å². The van der Waals surface area contributed by atoms with Gasteiger partial charge in [0.2, 0.25) is 0 Å². The van der Waals surface area contributed by atoms with Gasteiger partial charge < -0.3 is 9.84 Å². The Hall–Kier alpha value is -2.74. The summed E-state index contributed by atoms with van der Waals surface area (Å²) in [5.41, 5.74) is -0.373. The van der Waals surface area contributed by atoms with Crippen LogP contribution in [0, 0.1) is 5.82 Å². The molecule has 0 fully saturated rings. The third-order valence-corrected chi connectivity index (χ3v) is 4.87. The van der Waals surface area contributed by atoms with Gasteiger partial charge >= 0.3 is 11.9 Å². The van der Waals surface area contributed by atoms with Crippen LogP contribution in [0.1, 0.15) is 55.3 Å².